The number of aromatic nitrogens is 2. The second-order valence-electron chi connectivity index (χ2n) is 6.36. The number of rotatable bonds is 6. The SMILES string of the molecule is C[C@H](c1ccncn1)N(C)Cc1ccccc1OC1CCCC1. The van der Waals surface area contributed by atoms with Crippen LogP contribution in [0.1, 0.15) is 49.9 Å². The molecule has 1 aromatic heterocycles. The number of ether oxygens (including phenoxy) is 1. The van der Waals surface area contributed by atoms with Crippen molar-refractivity contribution in [3.05, 3.63) is 54.1 Å². The molecule has 0 bridgehead atoms. The number of nitrogens with zero attached hydrogens (tertiary/aromatic N) is 3. The molecule has 1 saturated carbocycles. The molecular formula is C19H25N3O. The minimum Gasteiger partial charge on any atom is -0.490 e. The third-order valence-electron chi connectivity index (χ3n) is 4.68. The average Bonchev–Trinajstić information content (AvgIpc) is 3.10. The van der Waals surface area contributed by atoms with Crippen LogP contribution >= 0.6 is 0 Å². The summed E-state index contributed by atoms with van der Waals surface area (Å²) in [5.74, 6) is 1.03. The van der Waals surface area contributed by atoms with Gasteiger partial charge in [0.1, 0.15) is 12.1 Å². The molecule has 4 nitrogen and oxygen atoms in total. The Morgan fingerprint density at radius 1 is 1.22 bits per heavy atom. The largest absolute Gasteiger partial charge is 0.490 e. The molecule has 3 rings (SSSR count). The number of hydrogen-bond donors (Lipinski definition) is 0. The van der Waals surface area contributed by atoms with E-state index in [4.69, 9.17) is 4.74 Å². The van der Waals surface area contributed by atoms with Crippen molar-refractivity contribution in [1.29, 1.82) is 0 Å². The van der Waals surface area contributed by atoms with Gasteiger partial charge in [0.15, 0.2) is 0 Å². The minimum absolute atomic E-state index is 0.234. The van der Waals surface area contributed by atoms with Gasteiger partial charge in [-0.25, -0.2) is 9.97 Å². The zero-order valence-corrected chi connectivity index (χ0v) is 14.0. The van der Waals surface area contributed by atoms with E-state index in [1.807, 2.05) is 6.07 Å². The first-order valence-electron chi connectivity index (χ1n) is 8.45. The average molecular weight is 311 g/mol. The second kappa shape index (κ2) is 7.55. The van der Waals surface area contributed by atoms with Crippen LogP contribution in [-0.2, 0) is 6.54 Å². The van der Waals surface area contributed by atoms with Crippen molar-refractivity contribution >= 4 is 0 Å². The monoisotopic (exact) mass is 311 g/mol. The molecule has 0 N–H and O–H groups in total. The van der Waals surface area contributed by atoms with Crippen molar-refractivity contribution in [2.45, 2.75) is 51.3 Å². The lowest BCUT2D eigenvalue weighted by Gasteiger charge is -2.25. The maximum Gasteiger partial charge on any atom is 0.124 e. The van der Waals surface area contributed by atoms with Crippen LogP contribution in [0.2, 0.25) is 0 Å². The van der Waals surface area contributed by atoms with Crippen LogP contribution in [0.4, 0.5) is 0 Å². The normalized spacial score (nSPS) is 16.7. The van der Waals surface area contributed by atoms with Crippen LogP contribution in [0.3, 0.4) is 0 Å². The molecule has 0 radical (unpaired) electrons. The van der Waals surface area contributed by atoms with Gasteiger partial charge in [0.05, 0.1) is 11.8 Å². The summed E-state index contributed by atoms with van der Waals surface area (Å²) in [6.45, 7) is 3.01. The van der Waals surface area contributed by atoms with Crippen LogP contribution in [0, 0.1) is 0 Å². The quantitative estimate of drug-likeness (QED) is 0.808. The molecule has 1 fully saturated rings. The third-order valence-corrected chi connectivity index (χ3v) is 4.68. The van der Waals surface area contributed by atoms with Crippen LogP contribution in [0.5, 0.6) is 5.75 Å². The van der Waals surface area contributed by atoms with E-state index in [0.29, 0.717) is 6.10 Å². The van der Waals surface area contributed by atoms with Gasteiger partial charge in [-0.3, -0.25) is 4.90 Å². The highest BCUT2D eigenvalue weighted by Crippen LogP contribution is 2.28. The Labute approximate surface area is 138 Å². The number of benzene rings is 1. The van der Waals surface area contributed by atoms with Gasteiger partial charge in [-0.2, -0.15) is 0 Å². The van der Waals surface area contributed by atoms with Crippen molar-refractivity contribution in [2.75, 3.05) is 7.05 Å². The van der Waals surface area contributed by atoms with E-state index in [-0.39, 0.29) is 6.04 Å². The molecule has 0 unspecified atom stereocenters. The summed E-state index contributed by atoms with van der Waals surface area (Å²) in [6.07, 6.45) is 8.74. The lowest BCUT2D eigenvalue weighted by Crippen LogP contribution is -2.23. The van der Waals surface area contributed by atoms with Gasteiger partial charge in [-0.05, 0) is 51.8 Å². The van der Waals surface area contributed by atoms with Crippen molar-refractivity contribution in [2.24, 2.45) is 0 Å². The molecule has 0 spiro atoms. The predicted molar refractivity (Wildman–Crippen MR) is 91.2 cm³/mol. The maximum absolute atomic E-state index is 6.24. The third kappa shape index (κ3) is 4.08. The molecule has 1 heterocycles. The second-order valence-corrected chi connectivity index (χ2v) is 6.36. The molecule has 2 aromatic rings. The van der Waals surface area contributed by atoms with Crippen molar-refractivity contribution < 1.29 is 4.74 Å². The van der Waals surface area contributed by atoms with E-state index in [1.54, 1.807) is 12.5 Å². The van der Waals surface area contributed by atoms with E-state index < -0.39 is 0 Å². The molecular weight excluding hydrogens is 286 g/mol. The standard InChI is InChI=1S/C19H25N3O/c1-15(18-11-12-20-14-21-18)22(2)13-16-7-3-6-10-19(16)23-17-8-4-5-9-17/h3,6-7,10-12,14-15,17H,4-5,8-9,13H2,1-2H3/t15-/m1/s1. The fourth-order valence-corrected chi connectivity index (χ4v) is 3.11. The van der Waals surface area contributed by atoms with E-state index in [9.17, 15) is 0 Å². The first kappa shape index (κ1) is 15.9. The van der Waals surface area contributed by atoms with Gasteiger partial charge in [-0.15, -0.1) is 0 Å². The molecule has 1 atom stereocenters. The smallest absolute Gasteiger partial charge is 0.124 e. The Balaban J connectivity index is 1.69. The Hall–Kier alpha value is -1.94. The highest BCUT2D eigenvalue weighted by Gasteiger charge is 2.19. The van der Waals surface area contributed by atoms with Gasteiger partial charge in [0, 0.05) is 24.3 Å². The van der Waals surface area contributed by atoms with Gasteiger partial charge in [-0.1, -0.05) is 18.2 Å². The maximum atomic E-state index is 6.24. The lowest BCUT2D eigenvalue weighted by atomic mass is 10.1. The summed E-state index contributed by atoms with van der Waals surface area (Å²) >= 11 is 0. The zero-order chi connectivity index (χ0) is 16.1. The molecule has 1 aromatic carbocycles. The lowest BCUT2D eigenvalue weighted by molar-refractivity contribution is 0.199. The fourth-order valence-electron chi connectivity index (χ4n) is 3.11. The summed E-state index contributed by atoms with van der Waals surface area (Å²) < 4.78 is 6.24. The van der Waals surface area contributed by atoms with E-state index >= 15 is 0 Å². The topological polar surface area (TPSA) is 38.2 Å². The molecule has 1 aliphatic carbocycles. The van der Waals surface area contributed by atoms with Crippen molar-refractivity contribution in [3.63, 3.8) is 0 Å². The summed E-state index contributed by atoms with van der Waals surface area (Å²) in [6, 6.07) is 10.6. The Bertz CT molecular complexity index is 611. The van der Waals surface area contributed by atoms with Crippen LogP contribution in [-0.4, -0.2) is 28.0 Å². The highest BCUT2D eigenvalue weighted by molar-refractivity contribution is 5.33. The number of hydrogen-bond acceptors (Lipinski definition) is 4. The minimum atomic E-state index is 0.234. The van der Waals surface area contributed by atoms with Crippen molar-refractivity contribution in [3.8, 4) is 5.75 Å². The van der Waals surface area contributed by atoms with Crippen LogP contribution in [0.15, 0.2) is 42.9 Å². The Kier molecular flexibility index (Phi) is 5.23. The molecule has 1 aliphatic rings. The summed E-state index contributed by atoms with van der Waals surface area (Å²) in [7, 11) is 2.12. The van der Waals surface area contributed by atoms with Crippen LogP contribution < -0.4 is 4.74 Å². The van der Waals surface area contributed by atoms with E-state index in [2.05, 4.69) is 53.1 Å². The molecule has 0 aliphatic heterocycles. The van der Waals surface area contributed by atoms with Gasteiger partial charge in [0.2, 0.25) is 0 Å². The predicted octanol–water partition coefficient (Wildman–Crippen LogP) is 3.99. The Morgan fingerprint density at radius 3 is 2.74 bits per heavy atom. The molecule has 122 valence electrons. The van der Waals surface area contributed by atoms with Crippen LogP contribution in [0.25, 0.3) is 0 Å². The van der Waals surface area contributed by atoms with Gasteiger partial charge in [0.25, 0.3) is 0 Å². The molecule has 0 amide bonds. The molecule has 4 heteroatoms. The highest BCUT2D eigenvalue weighted by atomic mass is 16.5. The first-order valence-corrected chi connectivity index (χ1v) is 8.45. The molecule has 23 heavy (non-hydrogen) atoms. The summed E-state index contributed by atoms with van der Waals surface area (Å²) in [5, 5.41) is 0. The van der Waals surface area contributed by atoms with E-state index in [0.717, 1.165) is 18.0 Å². The summed E-state index contributed by atoms with van der Waals surface area (Å²) in [5.41, 5.74) is 2.28. The fraction of sp³-hybridized carbons (Fsp3) is 0.474. The molecule has 0 saturated heterocycles. The zero-order valence-electron chi connectivity index (χ0n) is 14.0. The first-order chi connectivity index (χ1) is 11.2. The van der Waals surface area contributed by atoms with Gasteiger partial charge < -0.3 is 4.74 Å². The Morgan fingerprint density at radius 2 is 2.00 bits per heavy atom. The number of para-hydroxylation sites is 1. The van der Waals surface area contributed by atoms with Gasteiger partial charge >= 0.3 is 0 Å². The summed E-state index contributed by atoms with van der Waals surface area (Å²) in [4.78, 5) is 10.6. The van der Waals surface area contributed by atoms with Crippen molar-refractivity contribution in [1.82, 2.24) is 14.9 Å². The van der Waals surface area contributed by atoms with E-state index in [1.165, 1.54) is 31.2 Å².